The van der Waals surface area contributed by atoms with E-state index in [4.69, 9.17) is 5.11 Å². The fourth-order valence-corrected chi connectivity index (χ4v) is 2.51. The molecule has 124 valence electrons. The smallest absolute Gasteiger partial charge is 0.255 e. The number of carbonyl (C=O) groups is 1. The summed E-state index contributed by atoms with van der Waals surface area (Å²) in [6.45, 7) is 2.10. The normalized spacial score (nSPS) is 10.9. The topological polar surface area (TPSA) is 113 Å². The Hall–Kier alpha value is -3.00. The Bertz CT molecular complexity index is 944. The standard InChI is InChI=1S/C16H17N5O3/c1-10-12(19-9-20-15(10)23)8-21-7-11(16(24)18-5-6-22)14-13(21)3-2-4-17-14/h2-4,7,9,22H,5-6,8H2,1H3,(H,18,24)(H,19,20,23). The van der Waals surface area contributed by atoms with Gasteiger partial charge >= 0.3 is 0 Å². The number of aromatic nitrogens is 4. The maximum atomic E-state index is 12.3. The van der Waals surface area contributed by atoms with Crippen LogP contribution < -0.4 is 10.9 Å². The van der Waals surface area contributed by atoms with Crippen molar-refractivity contribution in [1.29, 1.82) is 0 Å². The number of aromatic amines is 1. The van der Waals surface area contributed by atoms with Crippen LogP contribution in [0.25, 0.3) is 11.0 Å². The van der Waals surface area contributed by atoms with Crippen LogP contribution >= 0.6 is 0 Å². The van der Waals surface area contributed by atoms with Gasteiger partial charge in [-0.15, -0.1) is 0 Å². The van der Waals surface area contributed by atoms with Gasteiger partial charge in [0.2, 0.25) is 0 Å². The Balaban J connectivity index is 2.04. The molecule has 3 aromatic heterocycles. The first-order valence-electron chi connectivity index (χ1n) is 7.48. The van der Waals surface area contributed by atoms with Crippen molar-refractivity contribution < 1.29 is 9.90 Å². The summed E-state index contributed by atoms with van der Waals surface area (Å²) < 4.78 is 1.84. The summed E-state index contributed by atoms with van der Waals surface area (Å²) in [7, 11) is 0. The van der Waals surface area contributed by atoms with Gasteiger partial charge < -0.3 is 20.0 Å². The number of carbonyl (C=O) groups excluding carboxylic acids is 1. The number of fused-ring (bicyclic) bond motifs is 1. The number of hydrogen-bond donors (Lipinski definition) is 3. The average Bonchev–Trinajstić information content (AvgIpc) is 2.96. The van der Waals surface area contributed by atoms with Crippen LogP contribution in [-0.2, 0) is 6.54 Å². The molecule has 0 atom stereocenters. The Morgan fingerprint density at radius 1 is 1.42 bits per heavy atom. The molecule has 3 aromatic rings. The number of nitrogens with zero attached hydrogens (tertiary/aromatic N) is 3. The van der Waals surface area contributed by atoms with Gasteiger partial charge in [-0.3, -0.25) is 14.6 Å². The number of rotatable bonds is 5. The third-order valence-corrected chi connectivity index (χ3v) is 3.79. The molecule has 3 N–H and O–H groups in total. The molecule has 0 bridgehead atoms. The van der Waals surface area contributed by atoms with Crippen molar-refractivity contribution >= 4 is 16.9 Å². The van der Waals surface area contributed by atoms with Crippen LogP contribution in [0.1, 0.15) is 21.6 Å². The van der Waals surface area contributed by atoms with Gasteiger partial charge in [-0.05, 0) is 19.1 Å². The Morgan fingerprint density at radius 3 is 3.04 bits per heavy atom. The fourth-order valence-electron chi connectivity index (χ4n) is 2.51. The van der Waals surface area contributed by atoms with Crippen LogP contribution in [0, 0.1) is 6.92 Å². The van der Waals surface area contributed by atoms with Crippen molar-refractivity contribution in [2.24, 2.45) is 0 Å². The summed E-state index contributed by atoms with van der Waals surface area (Å²) in [5.41, 5.74) is 2.73. The highest BCUT2D eigenvalue weighted by Gasteiger charge is 2.16. The van der Waals surface area contributed by atoms with Crippen molar-refractivity contribution in [1.82, 2.24) is 24.8 Å². The predicted molar refractivity (Wildman–Crippen MR) is 87.8 cm³/mol. The van der Waals surface area contributed by atoms with E-state index in [2.05, 4.69) is 20.3 Å². The molecule has 8 nitrogen and oxygen atoms in total. The second-order valence-corrected chi connectivity index (χ2v) is 5.32. The van der Waals surface area contributed by atoms with Crippen LogP contribution in [0.2, 0.25) is 0 Å². The van der Waals surface area contributed by atoms with Crippen molar-refractivity contribution in [3.8, 4) is 0 Å². The molecule has 0 spiro atoms. The molecule has 0 saturated heterocycles. The van der Waals surface area contributed by atoms with E-state index in [9.17, 15) is 9.59 Å². The molecule has 0 aliphatic rings. The van der Waals surface area contributed by atoms with E-state index in [-0.39, 0.29) is 24.6 Å². The highest BCUT2D eigenvalue weighted by Crippen LogP contribution is 2.20. The second-order valence-electron chi connectivity index (χ2n) is 5.32. The monoisotopic (exact) mass is 327 g/mol. The van der Waals surface area contributed by atoms with Gasteiger partial charge in [0.25, 0.3) is 11.5 Å². The number of H-pyrrole nitrogens is 1. The zero-order chi connectivity index (χ0) is 17.1. The molecule has 0 fully saturated rings. The highest BCUT2D eigenvalue weighted by atomic mass is 16.3. The number of aliphatic hydroxyl groups excluding tert-OH is 1. The highest BCUT2D eigenvalue weighted by molar-refractivity contribution is 6.05. The largest absolute Gasteiger partial charge is 0.395 e. The fraction of sp³-hybridized carbons (Fsp3) is 0.250. The van der Waals surface area contributed by atoms with E-state index in [1.165, 1.54) is 6.33 Å². The lowest BCUT2D eigenvalue weighted by Crippen LogP contribution is -2.26. The molecule has 24 heavy (non-hydrogen) atoms. The third-order valence-electron chi connectivity index (χ3n) is 3.79. The maximum absolute atomic E-state index is 12.3. The van der Waals surface area contributed by atoms with Gasteiger partial charge in [-0.2, -0.15) is 0 Å². The molecular formula is C16H17N5O3. The number of hydrogen-bond acceptors (Lipinski definition) is 5. The minimum absolute atomic E-state index is 0.131. The summed E-state index contributed by atoms with van der Waals surface area (Å²) in [6, 6.07) is 3.64. The first-order valence-corrected chi connectivity index (χ1v) is 7.48. The molecular weight excluding hydrogens is 310 g/mol. The summed E-state index contributed by atoms with van der Waals surface area (Å²) in [5.74, 6) is -0.304. The summed E-state index contributed by atoms with van der Waals surface area (Å²) in [4.78, 5) is 35.0. The van der Waals surface area contributed by atoms with Crippen LogP contribution in [0.4, 0.5) is 0 Å². The first-order chi connectivity index (χ1) is 11.6. The Morgan fingerprint density at radius 2 is 2.25 bits per heavy atom. The van der Waals surface area contributed by atoms with Gasteiger partial charge in [-0.25, -0.2) is 4.98 Å². The van der Waals surface area contributed by atoms with E-state index >= 15 is 0 Å². The SMILES string of the molecule is Cc1c(Cn2cc(C(=O)NCCO)c3ncccc32)nc[nH]c1=O. The van der Waals surface area contributed by atoms with E-state index < -0.39 is 0 Å². The van der Waals surface area contributed by atoms with Crippen molar-refractivity contribution in [3.63, 3.8) is 0 Å². The summed E-state index contributed by atoms with van der Waals surface area (Å²) in [6.07, 6.45) is 4.67. The molecule has 0 aliphatic carbocycles. The van der Waals surface area contributed by atoms with Crippen molar-refractivity contribution in [2.45, 2.75) is 13.5 Å². The zero-order valence-electron chi connectivity index (χ0n) is 13.1. The maximum Gasteiger partial charge on any atom is 0.255 e. The van der Waals surface area contributed by atoms with E-state index in [1.807, 2.05) is 10.6 Å². The van der Waals surface area contributed by atoms with Gasteiger partial charge in [0.05, 0.1) is 36.3 Å². The summed E-state index contributed by atoms with van der Waals surface area (Å²) in [5, 5.41) is 11.5. The molecule has 0 aromatic carbocycles. The van der Waals surface area contributed by atoms with Gasteiger partial charge in [0.1, 0.15) is 5.52 Å². The van der Waals surface area contributed by atoms with Gasteiger partial charge in [-0.1, -0.05) is 0 Å². The molecule has 0 radical (unpaired) electrons. The average molecular weight is 327 g/mol. The number of amides is 1. The lowest BCUT2D eigenvalue weighted by molar-refractivity contribution is 0.0946. The molecule has 0 saturated carbocycles. The van der Waals surface area contributed by atoms with Crippen LogP contribution in [0.5, 0.6) is 0 Å². The minimum atomic E-state index is -0.304. The molecule has 3 heterocycles. The van der Waals surface area contributed by atoms with E-state index in [0.29, 0.717) is 28.9 Å². The molecule has 1 amide bonds. The van der Waals surface area contributed by atoms with Crippen LogP contribution in [0.3, 0.4) is 0 Å². The molecule has 3 rings (SSSR count). The predicted octanol–water partition coefficient (Wildman–Crippen LogP) is 0.198. The molecule has 0 unspecified atom stereocenters. The Kier molecular flexibility index (Phi) is 4.39. The zero-order valence-corrected chi connectivity index (χ0v) is 13.1. The third kappa shape index (κ3) is 2.91. The van der Waals surface area contributed by atoms with Crippen LogP contribution in [0.15, 0.2) is 35.6 Å². The minimum Gasteiger partial charge on any atom is -0.395 e. The second kappa shape index (κ2) is 6.63. The first kappa shape index (κ1) is 15.9. The number of aliphatic hydroxyl groups is 1. The molecule has 0 aliphatic heterocycles. The van der Waals surface area contributed by atoms with Crippen molar-refractivity contribution in [3.05, 3.63) is 58.0 Å². The van der Waals surface area contributed by atoms with E-state index in [0.717, 1.165) is 5.52 Å². The molecule has 8 heteroatoms. The Labute approximate surface area is 137 Å². The lowest BCUT2D eigenvalue weighted by Gasteiger charge is -2.06. The van der Waals surface area contributed by atoms with Gasteiger partial charge in [0, 0.05) is 24.5 Å². The quantitative estimate of drug-likeness (QED) is 0.619. The lowest BCUT2D eigenvalue weighted by atomic mass is 10.2. The van der Waals surface area contributed by atoms with E-state index in [1.54, 1.807) is 25.4 Å². The van der Waals surface area contributed by atoms with Crippen LogP contribution in [-0.4, -0.2) is 43.7 Å². The van der Waals surface area contributed by atoms with Crippen molar-refractivity contribution in [2.75, 3.05) is 13.2 Å². The number of pyridine rings is 1. The van der Waals surface area contributed by atoms with Gasteiger partial charge in [0.15, 0.2) is 0 Å². The summed E-state index contributed by atoms with van der Waals surface area (Å²) >= 11 is 0. The number of nitrogens with one attached hydrogen (secondary N) is 2.